The predicted octanol–water partition coefficient (Wildman–Crippen LogP) is 3.05. The van der Waals surface area contributed by atoms with E-state index in [9.17, 15) is 9.18 Å². The van der Waals surface area contributed by atoms with Gasteiger partial charge in [-0.05, 0) is 49.8 Å². The molecule has 0 aromatic heterocycles. The highest BCUT2D eigenvalue weighted by molar-refractivity contribution is 5.67. The van der Waals surface area contributed by atoms with Crippen LogP contribution in [0.3, 0.4) is 0 Å². The summed E-state index contributed by atoms with van der Waals surface area (Å²) >= 11 is 0. The minimum absolute atomic E-state index is 0.204. The zero-order valence-electron chi connectivity index (χ0n) is 10.8. The molecule has 3 rings (SSSR count). The van der Waals surface area contributed by atoms with Crippen molar-refractivity contribution in [1.29, 1.82) is 0 Å². The zero-order chi connectivity index (χ0) is 13.4. The third-order valence-corrected chi connectivity index (χ3v) is 4.40. The molecule has 2 unspecified atom stereocenters. The molecule has 2 bridgehead atoms. The van der Waals surface area contributed by atoms with Gasteiger partial charge in [-0.2, -0.15) is 0 Å². The molecular weight excluding hydrogens is 245 g/mol. The van der Waals surface area contributed by atoms with Crippen LogP contribution in [0.15, 0.2) is 24.3 Å². The van der Waals surface area contributed by atoms with Crippen molar-refractivity contribution in [2.45, 2.75) is 44.2 Å². The van der Waals surface area contributed by atoms with E-state index in [1.165, 1.54) is 6.07 Å². The number of piperidine rings is 1. The Morgan fingerprint density at radius 1 is 1.32 bits per heavy atom. The average Bonchev–Trinajstić information content (AvgIpc) is 2.61. The van der Waals surface area contributed by atoms with Crippen molar-refractivity contribution < 1.29 is 14.3 Å². The van der Waals surface area contributed by atoms with Gasteiger partial charge in [0.15, 0.2) is 0 Å². The number of carbonyl (C=O) groups is 1. The number of hydrogen-bond acceptors (Lipinski definition) is 2. The standard InChI is InChI=1S/C15H18FNO2/c16-11-2-1-3-12(9-11)17-13-4-5-14(17)7-10(6-13)8-15(18)19/h1-3,9-10,13-14H,4-8H2,(H,18,19). The van der Waals surface area contributed by atoms with E-state index >= 15 is 0 Å². The van der Waals surface area contributed by atoms with E-state index in [1.807, 2.05) is 6.07 Å². The van der Waals surface area contributed by atoms with E-state index in [-0.39, 0.29) is 18.2 Å². The van der Waals surface area contributed by atoms with Crippen molar-refractivity contribution in [3.63, 3.8) is 0 Å². The summed E-state index contributed by atoms with van der Waals surface area (Å²) in [6, 6.07) is 7.50. The van der Waals surface area contributed by atoms with Crippen LogP contribution in [0.1, 0.15) is 32.1 Å². The fraction of sp³-hybridized carbons (Fsp3) is 0.533. The highest BCUT2D eigenvalue weighted by Crippen LogP contribution is 2.42. The third kappa shape index (κ3) is 2.44. The summed E-state index contributed by atoms with van der Waals surface area (Å²) in [5, 5.41) is 8.91. The minimum atomic E-state index is -0.705. The first kappa shape index (κ1) is 12.5. The first-order valence-corrected chi connectivity index (χ1v) is 6.89. The third-order valence-electron chi connectivity index (χ3n) is 4.40. The summed E-state index contributed by atoms with van der Waals surface area (Å²) in [5.74, 6) is -0.632. The van der Waals surface area contributed by atoms with E-state index < -0.39 is 5.97 Å². The maximum Gasteiger partial charge on any atom is 0.303 e. The zero-order valence-corrected chi connectivity index (χ0v) is 10.8. The molecule has 0 aliphatic carbocycles. The highest BCUT2D eigenvalue weighted by atomic mass is 19.1. The summed E-state index contributed by atoms with van der Waals surface area (Å²) in [5.41, 5.74) is 0.946. The maximum absolute atomic E-state index is 13.3. The van der Waals surface area contributed by atoms with Crippen molar-refractivity contribution in [2.24, 2.45) is 5.92 Å². The molecule has 0 radical (unpaired) electrons. The molecule has 4 heteroatoms. The van der Waals surface area contributed by atoms with Crippen molar-refractivity contribution in [2.75, 3.05) is 4.90 Å². The lowest BCUT2D eigenvalue weighted by Crippen LogP contribution is -2.43. The Morgan fingerprint density at radius 2 is 2.00 bits per heavy atom. The van der Waals surface area contributed by atoms with Crippen LogP contribution in [0.5, 0.6) is 0 Å². The first-order valence-electron chi connectivity index (χ1n) is 6.89. The van der Waals surface area contributed by atoms with Gasteiger partial charge in [-0.1, -0.05) is 6.07 Å². The van der Waals surface area contributed by atoms with Gasteiger partial charge in [0.1, 0.15) is 5.82 Å². The van der Waals surface area contributed by atoms with Crippen LogP contribution < -0.4 is 4.90 Å². The van der Waals surface area contributed by atoms with E-state index in [0.29, 0.717) is 12.1 Å². The van der Waals surface area contributed by atoms with Gasteiger partial charge < -0.3 is 10.0 Å². The molecule has 1 N–H and O–H groups in total. The topological polar surface area (TPSA) is 40.5 Å². The number of benzene rings is 1. The molecule has 2 atom stereocenters. The van der Waals surface area contributed by atoms with Gasteiger partial charge in [0.2, 0.25) is 0 Å². The largest absolute Gasteiger partial charge is 0.481 e. The lowest BCUT2D eigenvalue weighted by atomic mass is 9.88. The molecule has 3 nitrogen and oxygen atoms in total. The van der Waals surface area contributed by atoms with Gasteiger partial charge in [-0.15, -0.1) is 0 Å². The van der Waals surface area contributed by atoms with Crippen molar-refractivity contribution >= 4 is 11.7 Å². The van der Waals surface area contributed by atoms with Crippen LogP contribution in [0.4, 0.5) is 10.1 Å². The fourth-order valence-electron chi connectivity index (χ4n) is 3.76. The van der Waals surface area contributed by atoms with E-state index in [0.717, 1.165) is 31.4 Å². The second kappa shape index (κ2) is 4.83. The number of aliphatic carboxylic acids is 1. The molecular formula is C15H18FNO2. The Hall–Kier alpha value is -1.58. The van der Waals surface area contributed by atoms with Gasteiger partial charge in [0.05, 0.1) is 0 Å². The highest BCUT2D eigenvalue weighted by Gasteiger charge is 2.41. The molecule has 0 saturated carbocycles. The molecule has 2 heterocycles. The number of carboxylic acids is 1. The van der Waals surface area contributed by atoms with Gasteiger partial charge in [0.25, 0.3) is 0 Å². The number of nitrogens with zero attached hydrogens (tertiary/aromatic N) is 1. The number of carboxylic acid groups (broad SMARTS) is 1. The fourth-order valence-corrected chi connectivity index (χ4v) is 3.76. The summed E-state index contributed by atoms with van der Waals surface area (Å²) in [6.07, 6.45) is 4.29. The molecule has 2 aliphatic heterocycles. The summed E-state index contributed by atoms with van der Waals surface area (Å²) < 4.78 is 13.3. The first-order chi connectivity index (χ1) is 9.13. The number of rotatable bonds is 3. The number of fused-ring (bicyclic) bond motifs is 2. The van der Waals surface area contributed by atoms with Crippen molar-refractivity contribution in [3.8, 4) is 0 Å². The Bertz CT molecular complexity index is 477. The average molecular weight is 263 g/mol. The van der Waals surface area contributed by atoms with Crippen LogP contribution in [-0.2, 0) is 4.79 Å². The predicted molar refractivity (Wildman–Crippen MR) is 70.7 cm³/mol. The second-order valence-electron chi connectivity index (χ2n) is 5.71. The monoisotopic (exact) mass is 263 g/mol. The molecule has 0 spiro atoms. The minimum Gasteiger partial charge on any atom is -0.481 e. The SMILES string of the molecule is O=C(O)CC1CC2CCC(C1)N2c1cccc(F)c1. The van der Waals surface area contributed by atoms with E-state index in [2.05, 4.69) is 4.90 Å². The lowest BCUT2D eigenvalue weighted by Gasteiger charge is -2.40. The van der Waals surface area contributed by atoms with E-state index in [1.54, 1.807) is 12.1 Å². The molecule has 102 valence electrons. The Kier molecular flexibility index (Phi) is 3.17. The van der Waals surface area contributed by atoms with Crippen molar-refractivity contribution in [3.05, 3.63) is 30.1 Å². The molecule has 2 saturated heterocycles. The normalized spacial score (nSPS) is 29.5. The van der Waals surface area contributed by atoms with Crippen molar-refractivity contribution in [1.82, 2.24) is 0 Å². The van der Waals surface area contributed by atoms with Crippen LogP contribution in [0.2, 0.25) is 0 Å². The molecule has 2 aliphatic rings. The molecule has 19 heavy (non-hydrogen) atoms. The van der Waals surface area contributed by atoms with E-state index in [4.69, 9.17) is 5.11 Å². The van der Waals surface area contributed by atoms with Crippen LogP contribution >= 0.6 is 0 Å². The Labute approximate surface area is 112 Å². The quantitative estimate of drug-likeness (QED) is 0.911. The summed E-state index contributed by atoms with van der Waals surface area (Å²) in [6.45, 7) is 0. The second-order valence-corrected chi connectivity index (χ2v) is 5.71. The maximum atomic E-state index is 13.3. The molecule has 2 fully saturated rings. The van der Waals surface area contributed by atoms with Crippen LogP contribution in [0.25, 0.3) is 0 Å². The smallest absolute Gasteiger partial charge is 0.303 e. The summed E-state index contributed by atoms with van der Waals surface area (Å²) in [7, 11) is 0. The number of hydrogen-bond donors (Lipinski definition) is 1. The van der Waals surface area contributed by atoms with Gasteiger partial charge >= 0.3 is 5.97 Å². The van der Waals surface area contributed by atoms with Gasteiger partial charge in [-0.3, -0.25) is 4.79 Å². The number of halogens is 1. The summed E-state index contributed by atoms with van der Waals surface area (Å²) in [4.78, 5) is 13.1. The number of anilines is 1. The van der Waals surface area contributed by atoms with Gasteiger partial charge in [-0.25, -0.2) is 4.39 Å². The van der Waals surface area contributed by atoms with Gasteiger partial charge in [0, 0.05) is 24.2 Å². The van der Waals surface area contributed by atoms with Crippen LogP contribution in [-0.4, -0.2) is 23.2 Å². The molecule has 1 aromatic carbocycles. The Balaban J connectivity index is 1.78. The Morgan fingerprint density at radius 3 is 2.58 bits per heavy atom. The lowest BCUT2D eigenvalue weighted by molar-refractivity contribution is -0.138. The van der Waals surface area contributed by atoms with Crippen LogP contribution in [0, 0.1) is 11.7 Å². The molecule has 1 aromatic rings. The molecule has 0 amide bonds.